The summed E-state index contributed by atoms with van der Waals surface area (Å²) in [7, 11) is 0. The lowest BCUT2D eigenvalue weighted by Crippen LogP contribution is -2.57. The molecule has 0 bridgehead atoms. The SMILES string of the molecule is CCC(=O)N1CCC2(CC1)C(=O)N(CC(=O)Nc1ccc(C)c(C)c1)CN2c1ccccc1. The minimum absolute atomic E-state index is 0.00551. The zero-order valence-electron chi connectivity index (χ0n) is 19.6. The number of hydrogen-bond acceptors (Lipinski definition) is 4. The molecule has 2 heterocycles. The van der Waals surface area contributed by atoms with Gasteiger partial charge in [-0.1, -0.05) is 31.2 Å². The molecule has 0 unspecified atom stereocenters. The van der Waals surface area contributed by atoms with Gasteiger partial charge in [0.1, 0.15) is 12.1 Å². The van der Waals surface area contributed by atoms with E-state index in [-0.39, 0.29) is 24.3 Å². The van der Waals surface area contributed by atoms with Crippen LogP contribution in [0.1, 0.15) is 37.3 Å². The molecule has 7 nitrogen and oxygen atoms in total. The summed E-state index contributed by atoms with van der Waals surface area (Å²) in [5, 5.41) is 2.93. The molecule has 0 saturated carbocycles. The number of para-hydroxylation sites is 1. The highest BCUT2D eigenvalue weighted by atomic mass is 16.2. The van der Waals surface area contributed by atoms with Crippen molar-refractivity contribution in [1.82, 2.24) is 9.80 Å². The van der Waals surface area contributed by atoms with Crippen LogP contribution < -0.4 is 10.2 Å². The first kappa shape index (κ1) is 22.8. The number of benzene rings is 2. The second kappa shape index (κ2) is 9.25. The van der Waals surface area contributed by atoms with E-state index in [4.69, 9.17) is 0 Å². The number of carbonyl (C=O) groups excluding carboxylic acids is 3. The van der Waals surface area contributed by atoms with Crippen LogP contribution in [0, 0.1) is 13.8 Å². The number of aryl methyl sites for hydroxylation is 2. The highest BCUT2D eigenvalue weighted by Gasteiger charge is 2.54. The van der Waals surface area contributed by atoms with Gasteiger partial charge >= 0.3 is 0 Å². The highest BCUT2D eigenvalue weighted by Crippen LogP contribution is 2.39. The number of hydrogen-bond donors (Lipinski definition) is 1. The molecule has 0 aromatic heterocycles. The Labute approximate surface area is 195 Å². The Morgan fingerprint density at radius 1 is 1.00 bits per heavy atom. The third kappa shape index (κ3) is 4.45. The molecule has 2 aliphatic heterocycles. The van der Waals surface area contributed by atoms with Crippen molar-refractivity contribution >= 4 is 29.1 Å². The van der Waals surface area contributed by atoms with E-state index >= 15 is 0 Å². The van der Waals surface area contributed by atoms with Gasteiger partial charge in [-0.3, -0.25) is 14.4 Å². The average molecular weight is 449 g/mol. The van der Waals surface area contributed by atoms with Crippen LogP contribution in [0.25, 0.3) is 0 Å². The monoisotopic (exact) mass is 448 g/mol. The Hall–Kier alpha value is -3.35. The molecule has 1 spiro atoms. The van der Waals surface area contributed by atoms with Crippen molar-refractivity contribution in [2.45, 2.75) is 45.6 Å². The Morgan fingerprint density at radius 3 is 2.33 bits per heavy atom. The van der Waals surface area contributed by atoms with Crippen molar-refractivity contribution in [2.75, 3.05) is 36.5 Å². The maximum Gasteiger partial charge on any atom is 0.250 e. The Balaban J connectivity index is 1.53. The molecule has 174 valence electrons. The van der Waals surface area contributed by atoms with E-state index in [2.05, 4.69) is 10.2 Å². The molecule has 2 aromatic carbocycles. The standard InChI is InChI=1S/C26H32N4O3/c1-4-24(32)28-14-12-26(13-15-28)25(33)29(18-30(26)22-8-6-5-7-9-22)17-23(31)27-21-11-10-19(2)20(3)16-21/h5-11,16H,4,12-15,17-18H2,1-3H3,(H,27,31). The van der Waals surface area contributed by atoms with Crippen LogP contribution in [0.3, 0.4) is 0 Å². The molecule has 0 atom stereocenters. The molecule has 3 amide bonds. The topological polar surface area (TPSA) is 73.0 Å². The average Bonchev–Trinajstić information content (AvgIpc) is 3.08. The molecule has 2 fully saturated rings. The molecule has 2 saturated heterocycles. The van der Waals surface area contributed by atoms with Crippen molar-refractivity contribution in [3.63, 3.8) is 0 Å². The summed E-state index contributed by atoms with van der Waals surface area (Å²) in [5.74, 6) is -0.133. The minimum atomic E-state index is -0.730. The van der Waals surface area contributed by atoms with Crippen LogP contribution in [0.15, 0.2) is 48.5 Å². The van der Waals surface area contributed by atoms with Crippen molar-refractivity contribution < 1.29 is 14.4 Å². The Morgan fingerprint density at radius 2 is 1.70 bits per heavy atom. The maximum absolute atomic E-state index is 13.7. The van der Waals surface area contributed by atoms with Crippen LogP contribution in [-0.2, 0) is 14.4 Å². The number of likely N-dealkylation sites (tertiary alicyclic amines) is 1. The maximum atomic E-state index is 13.7. The third-order valence-corrected chi connectivity index (χ3v) is 6.95. The van der Waals surface area contributed by atoms with Crippen LogP contribution in [0.2, 0.25) is 0 Å². The molecular weight excluding hydrogens is 416 g/mol. The molecule has 0 radical (unpaired) electrons. The Kier molecular flexibility index (Phi) is 6.40. The van der Waals surface area contributed by atoms with Crippen molar-refractivity contribution in [1.29, 1.82) is 0 Å². The lowest BCUT2D eigenvalue weighted by Gasteiger charge is -2.43. The lowest BCUT2D eigenvalue weighted by molar-refractivity contribution is -0.139. The number of rotatable bonds is 5. The normalized spacial score (nSPS) is 17.5. The Bertz CT molecular complexity index is 1040. The molecule has 0 aliphatic carbocycles. The van der Waals surface area contributed by atoms with Gasteiger partial charge < -0.3 is 20.0 Å². The van der Waals surface area contributed by atoms with E-state index in [1.54, 1.807) is 4.90 Å². The van der Waals surface area contributed by atoms with E-state index in [0.717, 1.165) is 22.5 Å². The summed E-state index contributed by atoms with van der Waals surface area (Å²) >= 11 is 0. The van der Waals surface area contributed by atoms with Gasteiger partial charge in [-0.25, -0.2) is 0 Å². The zero-order valence-corrected chi connectivity index (χ0v) is 19.6. The number of piperidine rings is 1. The highest BCUT2D eigenvalue weighted by molar-refractivity contribution is 5.99. The molecule has 2 aliphatic rings. The smallest absolute Gasteiger partial charge is 0.250 e. The predicted octanol–water partition coefficient (Wildman–Crippen LogP) is 3.32. The van der Waals surface area contributed by atoms with Gasteiger partial charge in [0.05, 0.1) is 6.67 Å². The van der Waals surface area contributed by atoms with E-state index in [1.165, 1.54) is 0 Å². The summed E-state index contributed by atoms with van der Waals surface area (Å²) in [6.07, 6.45) is 1.58. The predicted molar refractivity (Wildman–Crippen MR) is 129 cm³/mol. The van der Waals surface area contributed by atoms with Gasteiger partial charge in [0.25, 0.3) is 5.91 Å². The lowest BCUT2D eigenvalue weighted by atomic mass is 9.85. The van der Waals surface area contributed by atoms with Crippen LogP contribution in [0.5, 0.6) is 0 Å². The van der Waals surface area contributed by atoms with E-state index in [1.807, 2.05) is 74.2 Å². The van der Waals surface area contributed by atoms with Crippen LogP contribution >= 0.6 is 0 Å². The number of nitrogens with zero attached hydrogens (tertiary/aromatic N) is 3. The largest absolute Gasteiger partial charge is 0.343 e. The number of nitrogens with one attached hydrogen (secondary N) is 1. The van der Waals surface area contributed by atoms with Gasteiger partial charge in [-0.15, -0.1) is 0 Å². The molecule has 4 rings (SSSR count). The van der Waals surface area contributed by atoms with Gasteiger partial charge in [0.2, 0.25) is 11.8 Å². The second-order valence-corrected chi connectivity index (χ2v) is 9.02. The van der Waals surface area contributed by atoms with E-state index in [0.29, 0.717) is 39.0 Å². The summed E-state index contributed by atoms with van der Waals surface area (Å²) in [4.78, 5) is 44.3. The van der Waals surface area contributed by atoms with Gasteiger partial charge in [-0.05, 0) is 62.1 Å². The first-order chi connectivity index (χ1) is 15.8. The fourth-order valence-corrected chi connectivity index (χ4v) is 4.87. The first-order valence-electron chi connectivity index (χ1n) is 11.6. The third-order valence-electron chi connectivity index (χ3n) is 6.95. The molecular formula is C26H32N4O3. The van der Waals surface area contributed by atoms with Gasteiger partial charge in [-0.2, -0.15) is 0 Å². The van der Waals surface area contributed by atoms with Crippen molar-refractivity contribution in [3.05, 3.63) is 59.7 Å². The molecule has 1 N–H and O–H groups in total. The molecule has 2 aromatic rings. The van der Waals surface area contributed by atoms with Gasteiger partial charge in [0.15, 0.2) is 0 Å². The van der Waals surface area contributed by atoms with Gasteiger partial charge in [0, 0.05) is 30.9 Å². The number of amides is 3. The minimum Gasteiger partial charge on any atom is -0.343 e. The summed E-state index contributed by atoms with van der Waals surface area (Å²) < 4.78 is 0. The van der Waals surface area contributed by atoms with E-state index in [9.17, 15) is 14.4 Å². The van der Waals surface area contributed by atoms with Crippen molar-refractivity contribution in [2.24, 2.45) is 0 Å². The second-order valence-electron chi connectivity index (χ2n) is 9.02. The fraction of sp³-hybridized carbons (Fsp3) is 0.423. The van der Waals surface area contributed by atoms with Crippen molar-refractivity contribution in [3.8, 4) is 0 Å². The summed E-state index contributed by atoms with van der Waals surface area (Å²) in [6, 6.07) is 15.7. The van der Waals surface area contributed by atoms with Crippen LogP contribution in [-0.4, -0.2) is 59.4 Å². The zero-order chi connectivity index (χ0) is 23.6. The summed E-state index contributed by atoms with van der Waals surface area (Å²) in [5.41, 5.74) is 3.23. The number of carbonyl (C=O) groups is 3. The van der Waals surface area contributed by atoms with Crippen LogP contribution in [0.4, 0.5) is 11.4 Å². The molecule has 33 heavy (non-hydrogen) atoms. The summed E-state index contributed by atoms with van der Waals surface area (Å²) in [6.45, 7) is 7.33. The first-order valence-corrected chi connectivity index (χ1v) is 11.6. The number of anilines is 2. The molecule has 7 heteroatoms. The quantitative estimate of drug-likeness (QED) is 0.762. The fourth-order valence-electron chi connectivity index (χ4n) is 4.87. The van der Waals surface area contributed by atoms with E-state index < -0.39 is 5.54 Å².